The van der Waals surface area contributed by atoms with E-state index >= 15 is 0 Å². The summed E-state index contributed by atoms with van der Waals surface area (Å²) >= 11 is 0. The van der Waals surface area contributed by atoms with Crippen molar-refractivity contribution in [1.82, 2.24) is 4.98 Å². The zero-order chi connectivity index (χ0) is 8.39. The number of pyridine rings is 1. The van der Waals surface area contributed by atoms with Gasteiger partial charge in [0.15, 0.2) is 0 Å². The molecule has 0 unspecified atom stereocenters. The zero-order valence-electron chi connectivity index (χ0n) is 7.20. The van der Waals surface area contributed by atoms with Crippen molar-refractivity contribution in [3.63, 3.8) is 0 Å². The third-order valence-corrected chi connectivity index (χ3v) is 2.16. The highest BCUT2D eigenvalue weighted by molar-refractivity contribution is 5.56. The Hall–Kier alpha value is -1.31. The molecule has 62 valence electrons. The van der Waals surface area contributed by atoms with Gasteiger partial charge in [-0.3, -0.25) is 4.98 Å². The topological polar surface area (TPSA) is 16.1 Å². The van der Waals surface area contributed by atoms with Crippen molar-refractivity contribution >= 4 is 5.69 Å². The minimum atomic E-state index is 1.01. The van der Waals surface area contributed by atoms with E-state index in [0.29, 0.717) is 0 Å². The Labute approximate surface area is 72.5 Å². The maximum atomic E-state index is 4.12. The molecule has 0 atom stereocenters. The standard InChI is InChI=1S/C10H12N2/c1-2-12-7-3-4-9-5-6-11-8-10(9)12/h3,5-8H,2,4H2,1H3. The molecule has 0 fully saturated rings. The second-order valence-electron chi connectivity index (χ2n) is 2.88. The summed E-state index contributed by atoms with van der Waals surface area (Å²) in [6, 6.07) is 2.08. The van der Waals surface area contributed by atoms with E-state index in [9.17, 15) is 0 Å². The van der Waals surface area contributed by atoms with Crippen molar-refractivity contribution in [1.29, 1.82) is 0 Å². The van der Waals surface area contributed by atoms with Crippen LogP contribution in [0.4, 0.5) is 5.69 Å². The first kappa shape index (κ1) is 7.35. The Morgan fingerprint density at radius 1 is 1.58 bits per heavy atom. The van der Waals surface area contributed by atoms with Crippen molar-refractivity contribution in [2.75, 3.05) is 11.4 Å². The molecular formula is C10H12N2. The third-order valence-electron chi connectivity index (χ3n) is 2.16. The molecule has 0 N–H and O–H groups in total. The molecule has 0 radical (unpaired) electrons. The van der Waals surface area contributed by atoms with Crippen LogP contribution in [0.25, 0.3) is 0 Å². The fourth-order valence-corrected chi connectivity index (χ4v) is 1.51. The van der Waals surface area contributed by atoms with Crippen LogP contribution in [0.15, 0.2) is 30.7 Å². The van der Waals surface area contributed by atoms with E-state index in [2.05, 4.69) is 35.1 Å². The van der Waals surface area contributed by atoms with Gasteiger partial charge in [0.25, 0.3) is 0 Å². The zero-order valence-corrected chi connectivity index (χ0v) is 7.20. The fourth-order valence-electron chi connectivity index (χ4n) is 1.51. The first-order valence-corrected chi connectivity index (χ1v) is 4.28. The summed E-state index contributed by atoms with van der Waals surface area (Å²) in [5.41, 5.74) is 2.62. The predicted molar refractivity (Wildman–Crippen MR) is 50.1 cm³/mol. The van der Waals surface area contributed by atoms with Crippen LogP contribution in [0.2, 0.25) is 0 Å². The van der Waals surface area contributed by atoms with Gasteiger partial charge in [-0.05, 0) is 25.0 Å². The monoisotopic (exact) mass is 160 g/mol. The Balaban J connectivity index is 2.43. The Kier molecular flexibility index (Phi) is 1.82. The van der Waals surface area contributed by atoms with Crippen LogP contribution in [0.1, 0.15) is 12.5 Å². The molecule has 0 amide bonds. The average Bonchev–Trinajstić information content (AvgIpc) is 2.17. The molecule has 0 spiro atoms. The molecule has 2 heteroatoms. The quantitative estimate of drug-likeness (QED) is 0.624. The average molecular weight is 160 g/mol. The van der Waals surface area contributed by atoms with E-state index in [1.54, 1.807) is 0 Å². The molecule has 0 saturated carbocycles. The Morgan fingerprint density at radius 2 is 2.50 bits per heavy atom. The number of allylic oxidation sites excluding steroid dienone is 1. The Morgan fingerprint density at radius 3 is 3.33 bits per heavy atom. The molecule has 1 aromatic heterocycles. The molecule has 2 heterocycles. The molecule has 12 heavy (non-hydrogen) atoms. The molecule has 2 rings (SSSR count). The summed E-state index contributed by atoms with van der Waals surface area (Å²) in [5.74, 6) is 0. The van der Waals surface area contributed by atoms with Gasteiger partial charge in [-0.1, -0.05) is 6.08 Å². The summed E-state index contributed by atoms with van der Waals surface area (Å²) < 4.78 is 0. The van der Waals surface area contributed by atoms with Crippen molar-refractivity contribution < 1.29 is 0 Å². The summed E-state index contributed by atoms with van der Waals surface area (Å²) in [6.45, 7) is 3.15. The Bertz CT molecular complexity index is 304. The SMILES string of the molecule is CCN1C=CCc2ccncc21. The van der Waals surface area contributed by atoms with Crippen LogP contribution in [0.5, 0.6) is 0 Å². The minimum absolute atomic E-state index is 1.01. The maximum Gasteiger partial charge on any atom is 0.0628 e. The van der Waals surface area contributed by atoms with Crippen LogP contribution in [-0.4, -0.2) is 11.5 Å². The lowest BCUT2D eigenvalue weighted by atomic mass is 10.1. The second kappa shape index (κ2) is 2.97. The van der Waals surface area contributed by atoms with Crippen LogP contribution in [-0.2, 0) is 6.42 Å². The maximum absolute atomic E-state index is 4.12. The summed E-state index contributed by atoms with van der Waals surface area (Å²) in [4.78, 5) is 6.33. The number of anilines is 1. The van der Waals surface area contributed by atoms with E-state index in [4.69, 9.17) is 0 Å². The smallest absolute Gasteiger partial charge is 0.0628 e. The molecular weight excluding hydrogens is 148 g/mol. The van der Waals surface area contributed by atoms with Crippen LogP contribution in [0, 0.1) is 0 Å². The second-order valence-corrected chi connectivity index (χ2v) is 2.88. The highest BCUT2D eigenvalue weighted by Gasteiger charge is 2.09. The van der Waals surface area contributed by atoms with Gasteiger partial charge >= 0.3 is 0 Å². The van der Waals surface area contributed by atoms with Crippen molar-refractivity contribution in [3.05, 3.63) is 36.3 Å². The first-order chi connectivity index (χ1) is 5.92. The number of nitrogens with zero attached hydrogens (tertiary/aromatic N) is 2. The lowest BCUT2D eigenvalue weighted by Crippen LogP contribution is -2.19. The predicted octanol–water partition coefficient (Wildman–Crippen LogP) is 1.98. The number of aromatic nitrogens is 1. The summed E-state index contributed by atoms with van der Waals surface area (Å²) in [6.07, 6.45) is 9.14. The van der Waals surface area contributed by atoms with Gasteiger partial charge in [0.2, 0.25) is 0 Å². The molecule has 1 aliphatic heterocycles. The van der Waals surface area contributed by atoms with Crippen LogP contribution in [0.3, 0.4) is 0 Å². The third kappa shape index (κ3) is 1.09. The van der Waals surface area contributed by atoms with Crippen molar-refractivity contribution in [2.24, 2.45) is 0 Å². The number of hydrogen-bond donors (Lipinski definition) is 0. The van der Waals surface area contributed by atoms with Crippen molar-refractivity contribution in [2.45, 2.75) is 13.3 Å². The molecule has 0 bridgehead atoms. The van der Waals surface area contributed by atoms with Gasteiger partial charge in [0.05, 0.1) is 11.9 Å². The van der Waals surface area contributed by atoms with Crippen molar-refractivity contribution in [3.8, 4) is 0 Å². The van der Waals surface area contributed by atoms with Gasteiger partial charge < -0.3 is 4.90 Å². The van der Waals surface area contributed by atoms with E-state index in [0.717, 1.165) is 13.0 Å². The molecule has 1 aromatic rings. The minimum Gasteiger partial charge on any atom is -0.347 e. The highest BCUT2D eigenvalue weighted by atomic mass is 15.1. The summed E-state index contributed by atoms with van der Waals surface area (Å²) in [7, 11) is 0. The summed E-state index contributed by atoms with van der Waals surface area (Å²) in [5, 5.41) is 0. The number of fused-ring (bicyclic) bond motifs is 1. The first-order valence-electron chi connectivity index (χ1n) is 4.28. The lowest BCUT2D eigenvalue weighted by molar-refractivity contribution is 0.963. The van der Waals surface area contributed by atoms with E-state index in [1.807, 2.05) is 12.4 Å². The van der Waals surface area contributed by atoms with Crippen LogP contribution >= 0.6 is 0 Å². The molecule has 0 aromatic carbocycles. The van der Waals surface area contributed by atoms with Crippen LogP contribution < -0.4 is 4.90 Å². The van der Waals surface area contributed by atoms with Gasteiger partial charge in [-0.15, -0.1) is 0 Å². The highest BCUT2D eigenvalue weighted by Crippen LogP contribution is 2.23. The van der Waals surface area contributed by atoms with Gasteiger partial charge in [-0.25, -0.2) is 0 Å². The molecule has 1 aliphatic rings. The van der Waals surface area contributed by atoms with Gasteiger partial charge in [-0.2, -0.15) is 0 Å². The number of rotatable bonds is 1. The fraction of sp³-hybridized carbons (Fsp3) is 0.300. The molecule has 0 aliphatic carbocycles. The largest absolute Gasteiger partial charge is 0.347 e. The molecule has 2 nitrogen and oxygen atoms in total. The number of hydrogen-bond acceptors (Lipinski definition) is 2. The van der Waals surface area contributed by atoms with E-state index in [-0.39, 0.29) is 0 Å². The van der Waals surface area contributed by atoms with Gasteiger partial charge in [0.1, 0.15) is 0 Å². The van der Waals surface area contributed by atoms with E-state index < -0.39 is 0 Å². The molecule has 0 saturated heterocycles. The van der Waals surface area contributed by atoms with E-state index in [1.165, 1.54) is 11.3 Å². The lowest BCUT2D eigenvalue weighted by Gasteiger charge is -2.24. The van der Waals surface area contributed by atoms with Gasteiger partial charge in [0, 0.05) is 18.9 Å². The normalized spacial score (nSPS) is 14.6.